The maximum Gasteiger partial charge on any atom is 0.695 e. The number of carbonyl (C=O) groups excluding carboxylic acids is 1. The Morgan fingerprint density at radius 2 is 2.17 bits per heavy atom. The second-order valence-electron chi connectivity index (χ2n) is 3.86. The van der Waals surface area contributed by atoms with Gasteiger partial charge in [-0.3, -0.25) is 4.79 Å². The van der Waals surface area contributed by atoms with Gasteiger partial charge in [0.15, 0.2) is 0 Å². The Kier molecular flexibility index (Phi) is 3.91. The van der Waals surface area contributed by atoms with Crippen molar-refractivity contribution in [2.24, 2.45) is 0 Å². The molecular weight excluding hydrogens is 257 g/mol. The minimum Gasteiger partial charge on any atom is -0.496 e. The Bertz CT molecular complexity index is 478. The van der Waals surface area contributed by atoms with E-state index in [4.69, 9.17) is 14.2 Å². The summed E-state index contributed by atoms with van der Waals surface area (Å²) in [5.41, 5.74) is 0.778. The van der Waals surface area contributed by atoms with Crippen molar-refractivity contribution in [2.45, 2.75) is 12.0 Å². The highest BCUT2D eigenvalue weighted by Crippen LogP contribution is 2.35. The van der Waals surface area contributed by atoms with Gasteiger partial charge in [-0.2, -0.15) is 0 Å². The molecule has 1 aliphatic rings. The molecule has 0 aromatic heterocycles. The fourth-order valence-electron chi connectivity index (χ4n) is 2.07. The van der Waals surface area contributed by atoms with Gasteiger partial charge in [0, 0.05) is 22.6 Å². The van der Waals surface area contributed by atoms with Crippen LogP contribution in [-0.4, -0.2) is 30.6 Å². The number of ether oxygens (including phenoxy) is 1. The van der Waals surface area contributed by atoms with Gasteiger partial charge in [0.2, 0.25) is 6.10 Å². The summed E-state index contributed by atoms with van der Waals surface area (Å²) in [4.78, 5) is 20.4. The Hall–Kier alpha value is -1.49. The molecule has 0 bridgehead atoms. The van der Waals surface area contributed by atoms with Gasteiger partial charge < -0.3 is 10.1 Å². The highest BCUT2D eigenvalue weighted by atomic mass is 31.1. The molecule has 3 unspecified atom stereocenters. The molecule has 1 saturated heterocycles. The monoisotopic (exact) mass is 270 g/mol. The van der Waals surface area contributed by atoms with Crippen molar-refractivity contribution >= 4 is 14.2 Å². The molecule has 0 saturated carbocycles. The molecule has 1 amide bonds. The average Bonchev–Trinajstić information content (AvgIpc) is 2.70. The lowest BCUT2D eigenvalue weighted by Crippen LogP contribution is -2.25. The van der Waals surface area contributed by atoms with Gasteiger partial charge in [-0.15, -0.1) is 9.42 Å². The maximum absolute atomic E-state index is 11.6. The highest BCUT2D eigenvalue weighted by Gasteiger charge is 2.43. The Labute approximate surface area is 105 Å². The van der Waals surface area contributed by atoms with Crippen LogP contribution in [0.1, 0.15) is 11.5 Å². The number of amides is 1. The summed E-state index contributed by atoms with van der Waals surface area (Å²) in [5.74, 6) is -0.0937. The largest absolute Gasteiger partial charge is 0.695 e. The van der Waals surface area contributed by atoms with Crippen molar-refractivity contribution in [1.29, 1.82) is 0 Å². The standard InChI is InChI=1S/C11H12NO5P/c1-16-9-5-3-2-4-7(9)8-6-12-11(13)10(8)17-18(14)15/h2-5,8,10H,6H2,1H3,(H-,12,13,14,15)/p+1. The lowest BCUT2D eigenvalue weighted by Gasteiger charge is -2.15. The van der Waals surface area contributed by atoms with Crippen LogP contribution in [0.25, 0.3) is 0 Å². The van der Waals surface area contributed by atoms with E-state index in [1.807, 2.05) is 18.2 Å². The average molecular weight is 270 g/mol. The molecule has 1 heterocycles. The first-order valence-electron chi connectivity index (χ1n) is 5.37. The van der Waals surface area contributed by atoms with E-state index in [1.165, 1.54) is 7.11 Å². The summed E-state index contributed by atoms with van der Waals surface area (Å²) < 4.78 is 20.8. The molecule has 2 rings (SSSR count). The number of carbonyl (C=O) groups is 1. The molecule has 1 aliphatic heterocycles. The summed E-state index contributed by atoms with van der Waals surface area (Å²) in [5, 5.41) is 2.62. The second-order valence-corrected chi connectivity index (χ2v) is 4.54. The lowest BCUT2D eigenvalue weighted by atomic mass is 9.95. The number of rotatable bonds is 4. The van der Waals surface area contributed by atoms with Gasteiger partial charge in [0.1, 0.15) is 5.75 Å². The first kappa shape index (κ1) is 13.0. The normalized spacial score (nSPS) is 23.7. The molecule has 0 aliphatic carbocycles. The van der Waals surface area contributed by atoms with E-state index in [-0.39, 0.29) is 11.8 Å². The number of methoxy groups -OCH3 is 1. The van der Waals surface area contributed by atoms with Crippen molar-refractivity contribution in [3.63, 3.8) is 0 Å². The summed E-state index contributed by atoms with van der Waals surface area (Å²) in [6, 6.07) is 7.21. The topological polar surface area (TPSA) is 84.9 Å². The quantitative estimate of drug-likeness (QED) is 0.795. The number of nitrogens with one attached hydrogen (secondary N) is 1. The van der Waals surface area contributed by atoms with E-state index >= 15 is 0 Å². The molecule has 18 heavy (non-hydrogen) atoms. The summed E-state index contributed by atoms with van der Waals surface area (Å²) in [6.45, 7) is 0.354. The zero-order chi connectivity index (χ0) is 13.1. The second kappa shape index (κ2) is 5.44. The van der Waals surface area contributed by atoms with E-state index < -0.39 is 14.4 Å². The molecule has 7 heteroatoms. The van der Waals surface area contributed by atoms with Gasteiger partial charge in [0.25, 0.3) is 5.91 Å². The zero-order valence-electron chi connectivity index (χ0n) is 9.70. The number of benzene rings is 1. The predicted molar refractivity (Wildman–Crippen MR) is 63.4 cm³/mol. The molecule has 6 nitrogen and oxygen atoms in total. The van der Waals surface area contributed by atoms with Crippen LogP contribution in [0.2, 0.25) is 0 Å². The van der Waals surface area contributed by atoms with Gasteiger partial charge >= 0.3 is 8.25 Å². The van der Waals surface area contributed by atoms with E-state index in [0.717, 1.165) is 5.56 Å². The van der Waals surface area contributed by atoms with Crippen LogP contribution in [0.5, 0.6) is 5.75 Å². The van der Waals surface area contributed by atoms with E-state index in [1.54, 1.807) is 6.07 Å². The van der Waals surface area contributed by atoms with Crippen LogP contribution in [0.3, 0.4) is 0 Å². The highest BCUT2D eigenvalue weighted by molar-refractivity contribution is 7.32. The minimum absolute atomic E-state index is 0.334. The van der Waals surface area contributed by atoms with Crippen LogP contribution in [0.4, 0.5) is 0 Å². The molecule has 96 valence electrons. The molecule has 1 fully saturated rings. The van der Waals surface area contributed by atoms with Crippen molar-refractivity contribution in [1.82, 2.24) is 5.32 Å². The number of para-hydroxylation sites is 1. The smallest absolute Gasteiger partial charge is 0.496 e. The first-order valence-corrected chi connectivity index (χ1v) is 6.50. The molecule has 0 radical (unpaired) electrons. The molecule has 1 aromatic carbocycles. The minimum atomic E-state index is -2.82. The SMILES string of the molecule is COc1ccccc1C1CNC(=O)C1O[P+](=O)O. The van der Waals surface area contributed by atoms with E-state index in [2.05, 4.69) is 5.32 Å². The van der Waals surface area contributed by atoms with Crippen molar-refractivity contribution < 1.29 is 23.5 Å². The van der Waals surface area contributed by atoms with Gasteiger partial charge in [-0.25, -0.2) is 0 Å². The van der Waals surface area contributed by atoms with E-state index in [9.17, 15) is 9.36 Å². The van der Waals surface area contributed by atoms with Crippen molar-refractivity contribution in [3.8, 4) is 5.75 Å². The molecule has 3 atom stereocenters. The van der Waals surface area contributed by atoms with Gasteiger partial charge in [-0.1, -0.05) is 18.2 Å². The van der Waals surface area contributed by atoms with Gasteiger partial charge in [-0.05, 0) is 6.07 Å². The van der Waals surface area contributed by atoms with Crippen LogP contribution in [0, 0.1) is 0 Å². The predicted octanol–water partition coefficient (Wildman–Crippen LogP) is 0.943. The lowest BCUT2D eigenvalue weighted by molar-refractivity contribution is -0.125. The number of hydrogen-bond acceptors (Lipinski definition) is 4. The van der Waals surface area contributed by atoms with Crippen molar-refractivity contribution in [2.75, 3.05) is 13.7 Å². The molecule has 1 aromatic rings. The number of hydrogen-bond donors (Lipinski definition) is 2. The van der Waals surface area contributed by atoms with Crippen LogP contribution in [-0.2, 0) is 13.9 Å². The third-order valence-corrected chi connectivity index (χ3v) is 3.27. The third kappa shape index (κ3) is 2.51. The van der Waals surface area contributed by atoms with Crippen LogP contribution >= 0.6 is 8.25 Å². The van der Waals surface area contributed by atoms with Gasteiger partial charge in [0.05, 0.1) is 7.11 Å². The maximum atomic E-state index is 11.6. The van der Waals surface area contributed by atoms with Crippen LogP contribution in [0.15, 0.2) is 24.3 Å². The Morgan fingerprint density at radius 1 is 1.44 bits per heavy atom. The third-order valence-electron chi connectivity index (χ3n) is 2.86. The van der Waals surface area contributed by atoms with Crippen LogP contribution < -0.4 is 10.1 Å². The van der Waals surface area contributed by atoms with E-state index in [0.29, 0.717) is 12.3 Å². The molecule has 2 N–H and O–H groups in total. The summed E-state index contributed by atoms with van der Waals surface area (Å²) >= 11 is 0. The Balaban J connectivity index is 2.31. The zero-order valence-corrected chi connectivity index (χ0v) is 10.6. The Morgan fingerprint density at radius 3 is 2.83 bits per heavy atom. The molecular formula is C11H13NO5P+. The van der Waals surface area contributed by atoms with Crippen molar-refractivity contribution in [3.05, 3.63) is 29.8 Å². The fraction of sp³-hybridized carbons (Fsp3) is 0.364. The fourth-order valence-corrected chi connectivity index (χ4v) is 2.50. The summed E-state index contributed by atoms with van der Waals surface area (Å²) in [7, 11) is -1.29. The molecule has 0 spiro atoms. The summed E-state index contributed by atoms with van der Waals surface area (Å²) in [6.07, 6.45) is -0.963. The first-order chi connectivity index (χ1) is 8.63.